The molecule has 3 rings (SSSR count). The molecule has 0 atom stereocenters. The zero-order chi connectivity index (χ0) is 19.1. The van der Waals surface area contributed by atoms with Crippen LogP contribution in [-0.2, 0) is 4.79 Å². The Morgan fingerprint density at radius 2 is 1.89 bits per heavy atom. The van der Waals surface area contributed by atoms with Gasteiger partial charge in [-0.3, -0.25) is 14.7 Å². The highest BCUT2D eigenvalue weighted by molar-refractivity contribution is 6.01. The normalized spacial score (nSPS) is 23.6. The average Bonchev–Trinajstić information content (AvgIpc) is 3.01. The number of rotatable bonds is 6. The summed E-state index contributed by atoms with van der Waals surface area (Å²) in [5.41, 5.74) is 0. The second-order valence-corrected chi connectivity index (χ2v) is 7.93. The molecule has 152 valence electrons. The van der Waals surface area contributed by atoms with Crippen LogP contribution >= 0.6 is 0 Å². The maximum Gasteiger partial charge on any atom is 0.324 e. The highest BCUT2D eigenvalue weighted by atomic mass is 16.2. The van der Waals surface area contributed by atoms with E-state index in [2.05, 4.69) is 25.8 Å². The van der Waals surface area contributed by atoms with Gasteiger partial charge in [-0.1, -0.05) is 19.3 Å². The van der Waals surface area contributed by atoms with Crippen LogP contribution in [0.25, 0.3) is 0 Å². The van der Waals surface area contributed by atoms with Crippen molar-refractivity contribution in [1.82, 2.24) is 25.8 Å². The predicted molar refractivity (Wildman–Crippen MR) is 106 cm³/mol. The molecule has 2 heterocycles. The lowest BCUT2D eigenvalue weighted by molar-refractivity contribution is -0.124. The Morgan fingerprint density at radius 3 is 2.52 bits per heavy atom. The highest BCUT2D eigenvalue weighted by Gasteiger charge is 2.28. The van der Waals surface area contributed by atoms with E-state index < -0.39 is 0 Å². The van der Waals surface area contributed by atoms with E-state index in [0.29, 0.717) is 19.1 Å². The summed E-state index contributed by atoms with van der Waals surface area (Å²) in [5.74, 6) is 1.48. The number of carbonyl (C=O) groups is 2. The van der Waals surface area contributed by atoms with Gasteiger partial charge in [0.15, 0.2) is 5.96 Å². The van der Waals surface area contributed by atoms with Crippen LogP contribution in [0.2, 0.25) is 0 Å². The maximum atomic E-state index is 11.6. The molecular weight excluding hydrogens is 344 g/mol. The van der Waals surface area contributed by atoms with Gasteiger partial charge in [0.25, 0.3) is 0 Å². The van der Waals surface area contributed by atoms with Gasteiger partial charge in [0, 0.05) is 45.8 Å². The molecule has 0 spiro atoms. The van der Waals surface area contributed by atoms with E-state index in [1.165, 1.54) is 43.5 Å². The average molecular weight is 379 g/mol. The largest absolute Gasteiger partial charge is 0.355 e. The number of nitrogens with one attached hydrogen (secondary N) is 3. The summed E-state index contributed by atoms with van der Waals surface area (Å²) in [6.45, 7) is 4.52. The third kappa shape index (κ3) is 5.82. The first-order valence-electron chi connectivity index (χ1n) is 10.4. The predicted octanol–water partition coefficient (Wildman–Crippen LogP) is 0.748. The van der Waals surface area contributed by atoms with Gasteiger partial charge in [-0.05, 0) is 31.6 Å². The van der Waals surface area contributed by atoms with Crippen molar-refractivity contribution < 1.29 is 9.59 Å². The smallest absolute Gasteiger partial charge is 0.324 e. The molecule has 0 bridgehead atoms. The Labute approximate surface area is 162 Å². The number of carbonyl (C=O) groups excluding carboxylic acids is 2. The number of hydrogen-bond donors (Lipinski definition) is 3. The van der Waals surface area contributed by atoms with Crippen molar-refractivity contribution in [3.8, 4) is 0 Å². The molecule has 3 aliphatic rings. The molecule has 8 heteroatoms. The standard InChI is InChI=1S/C19H34N6O2/c1-20-18(21-9-12-25-17(26)13-22-19(25)27)23-16-7-10-24(11-8-16)14-15-5-3-2-4-6-15/h15-16H,2-14H2,1H3,(H,22,27)(H2,20,21,23). The van der Waals surface area contributed by atoms with Crippen molar-refractivity contribution in [1.29, 1.82) is 0 Å². The van der Waals surface area contributed by atoms with Crippen LogP contribution in [0.15, 0.2) is 4.99 Å². The molecule has 1 aliphatic carbocycles. The lowest BCUT2D eigenvalue weighted by Crippen LogP contribution is -2.50. The Kier molecular flexibility index (Phi) is 7.32. The summed E-state index contributed by atoms with van der Waals surface area (Å²) in [6, 6.07) is 0.116. The third-order valence-corrected chi connectivity index (χ3v) is 5.96. The topological polar surface area (TPSA) is 89.1 Å². The monoisotopic (exact) mass is 378 g/mol. The van der Waals surface area contributed by atoms with Gasteiger partial charge >= 0.3 is 6.03 Å². The van der Waals surface area contributed by atoms with Crippen LogP contribution in [0.3, 0.4) is 0 Å². The molecule has 8 nitrogen and oxygen atoms in total. The number of hydrogen-bond acceptors (Lipinski definition) is 4. The quantitative estimate of drug-likeness (QED) is 0.361. The number of urea groups is 1. The molecule has 2 aliphatic heterocycles. The first kappa shape index (κ1) is 19.9. The van der Waals surface area contributed by atoms with Gasteiger partial charge in [0.2, 0.25) is 5.91 Å². The van der Waals surface area contributed by atoms with E-state index in [9.17, 15) is 9.59 Å². The highest BCUT2D eigenvalue weighted by Crippen LogP contribution is 2.25. The molecule has 27 heavy (non-hydrogen) atoms. The maximum absolute atomic E-state index is 11.6. The third-order valence-electron chi connectivity index (χ3n) is 5.96. The van der Waals surface area contributed by atoms with Crippen molar-refractivity contribution in [2.75, 3.05) is 46.3 Å². The van der Waals surface area contributed by atoms with Crippen LogP contribution < -0.4 is 16.0 Å². The molecule has 3 fully saturated rings. The molecule has 1 saturated carbocycles. The van der Waals surface area contributed by atoms with E-state index in [4.69, 9.17) is 0 Å². The second-order valence-electron chi connectivity index (χ2n) is 7.93. The lowest BCUT2D eigenvalue weighted by atomic mass is 9.88. The summed E-state index contributed by atoms with van der Waals surface area (Å²) in [4.78, 5) is 31.3. The SMILES string of the molecule is CN=C(NCCN1C(=O)CNC1=O)NC1CCN(CC2CCCCC2)CC1. The molecule has 0 aromatic carbocycles. The fraction of sp³-hybridized carbons (Fsp3) is 0.842. The second kappa shape index (κ2) is 9.92. The fourth-order valence-corrected chi connectivity index (χ4v) is 4.35. The number of amides is 3. The van der Waals surface area contributed by atoms with Gasteiger partial charge in [-0.15, -0.1) is 0 Å². The molecular formula is C19H34N6O2. The van der Waals surface area contributed by atoms with Crippen molar-refractivity contribution >= 4 is 17.9 Å². The van der Waals surface area contributed by atoms with E-state index in [-0.39, 0.29) is 18.5 Å². The molecule has 0 unspecified atom stereocenters. The van der Waals surface area contributed by atoms with Crippen molar-refractivity contribution in [2.45, 2.75) is 51.0 Å². The Hall–Kier alpha value is -1.83. The number of aliphatic imine (C=N–C) groups is 1. The summed E-state index contributed by atoms with van der Waals surface area (Å²) in [5, 5.41) is 9.23. The Morgan fingerprint density at radius 1 is 1.15 bits per heavy atom. The molecule has 3 amide bonds. The minimum Gasteiger partial charge on any atom is -0.355 e. The summed E-state index contributed by atoms with van der Waals surface area (Å²) in [7, 11) is 1.75. The van der Waals surface area contributed by atoms with E-state index in [1.54, 1.807) is 7.05 Å². The number of piperidine rings is 1. The Bertz CT molecular complexity index is 522. The van der Waals surface area contributed by atoms with Crippen LogP contribution in [0.5, 0.6) is 0 Å². The molecule has 3 N–H and O–H groups in total. The van der Waals surface area contributed by atoms with Gasteiger partial charge in [0.05, 0.1) is 6.54 Å². The summed E-state index contributed by atoms with van der Waals surface area (Å²) < 4.78 is 0. The number of guanidine groups is 1. The minimum absolute atomic E-state index is 0.102. The number of imide groups is 1. The van der Waals surface area contributed by atoms with Crippen LogP contribution in [0, 0.1) is 5.92 Å². The van der Waals surface area contributed by atoms with E-state index >= 15 is 0 Å². The molecule has 2 saturated heterocycles. The zero-order valence-corrected chi connectivity index (χ0v) is 16.5. The van der Waals surface area contributed by atoms with Gasteiger partial charge in [-0.2, -0.15) is 0 Å². The van der Waals surface area contributed by atoms with Gasteiger partial charge in [-0.25, -0.2) is 4.79 Å². The first-order chi connectivity index (χ1) is 13.2. The number of likely N-dealkylation sites (tertiary alicyclic amines) is 1. The van der Waals surface area contributed by atoms with E-state index in [0.717, 1.165) is 37.8 Å². The van der Waals surface area contributed by atoms with Crippen LogP contribution in [0.4, 0.5) is 4.79 Å². The summed E-state index contributed by atoms with van der Waals surface area (Å²) >= 11 is 0. The summed E-state index contributed by atoms with van der Waals surface area (Å²) in [6.07, 6.45) is 9.31. The first-order valence-corrected chi connectivity index (χ1v) is 10.4. The van der Waals surface area contributed by atoms with Crippen molar-refractivity contribution in [2.24, 2.45) is 10.9 Å². The number of nitrogens with zero attached hydrogens (tertiary/aromatic N) is 3. The fourth-order valence-electron chi connectivity index (χ4n) is 4.35. The van der Waals surface area contributed by atoms with Crippen molar-refractivity contribution in [3.05, 3.63) is 0 Å². The van der Waals surface area contributed by atoms with Crippen molar-refractivity contribution in [3.63, 3.8) is 0 Å². The van der Waals surface area contributed by atoms with E-state index in [1.807, 2.05) is 0 Å². The molecule has 0 aromatic rings. The van der Waals surface area contributed by atoms with Gasteiger partial charge in [0.1, 0.15) is 0 Å². The Balaban J connectivity index is 1.33. The minimum atomic E-state index is -0.310. The van der Waals surface area contributed by atoms with Crippen LogP contribution in [-0.4, -0.2) is 80.1 Å². The van der Waals surface area contributed by atoms with Crippen LogP contribution in [0.1, 0.15) is 44.9 Å². The molecule has 0 aromatic heterocycles. The lowest BCUT2D eigenvalue weighted by Gasteiger charge is -2.36. The van der Waals surface area contributed by atoms with Gasteiger partial charge < -0.3 is 20.9 Å². The zero-order valence-electron chi connectivity index (χ0n) is 16.5. The molecule has 0 radical (unpaired) electrons.